The molecule has 1 heterocycles. The Bertz CT molecular complexity index is 398. The van der Waals surface area contributed by atoms with Crippen LogP contribution in [-0.4, -0.2) is 27.0 Å². The summed E-state index contributed by atoms with van der Waals surface area (Å²) in [6, 6.07) is 0. The van der Waals surface area contributed by atoms with Crippen LogP contribution in [0.25, 0.3) is 0 Å². The Kier molecular flexibility index (Phi) is 3.25. The first-order valence-electron chi connectivity index (χ1n) is 4.54. The van der Waals surface area contributed by atoms with Crippen molar-refractivity contribution in [2.75, 3.05) is 0 Å². The smallest absolute Gasteiger partial charge is 0.408 e. The monoisotopic (exact) mass is 236 g/mol. The molecule has 0 aromatic carbocycles. The molecule has 1 N–H and O–H groups in total. The highest BCUT2D eigenvalue weighted by Crippen LogP contribution is 2.24. The highest BCUT2D eigenvalue weighted by atomic mass is 19.4. The number of aryl methyl sites for hydroxylation is 1. The summed E-state index contributed by atoms with van der Waals surface area (Å²) in [6.07, 6.45) is -3.17. The van der Waals surface area contributed by atoms with E-state index in [2.05, 4.69) is 5.10 Å². The molecule has 0 aliphatic rings. The van der Waals surface area contributed by atoms with Gasteiger partial charge in [0.05, 0.1) is 17.8 Å². The van der Waals surface area contributed by atoms with Gasteiger partial charge in [-0.25, -0.2) is 0 Å². The molecule has 0 bridgehead atoms. The van der Waals surface area contributed by atoms with E-state index < -0.39 is 24.6 Å². The highest BCUT2D eigenvalue weighted by Gasteiger charge is 2.31. The Balaban J connectivity index is 3.08. The molecule has 90 valence electrons. The Labute approximate surface area is 89.7 Å². The second-order valence-electron chi connectivity index (χ2n) is 3.55. The zero-order chi connectivity index (χ0) is 12.5. The minimum Gasteiger partial charge on any atom is -0.481 e. The van der Waals surface area contributed by atoms with Crippen LogP contribution in [-0.2, 0) is 11.3 Å². The molecule has 0 saturated carbocycles. The van der Waals surface area contributed by atoms with Gasteiger partial charge in [0, 0.05) is 0 Å². The Morgan fingerprint density at radius 2 is 2.19 bits per heavy atom. The van der Waals surface area contributed by atoms with Gasteiger partial charge in [0.25, 0.3) is 0 Å². The van der Waals surface area contributed by atoms with Crippen LogP contribution in [0.1, 0.15) is 24.1 Å². The molecule has 7 heteroatoms. The Morgan fingerprint density at radius 1 is 1.62 bits per heavy atom. The highest BCUT2D eigenvalue weighted by molar-refractivity contribution is 5.75. The average molecular weight is 236 g/mol. The van der Waals surface area contributed by atoms with Gasteiger partial charge >= 0.3 is 12.1 Å². The van der Waals surface area contributed by atoms with Crippen molar-refractivity contribution in [3.8, 4) is 0 Å². The van der Waals surface area contributed by atoms with E-state index in [1.54, 1.807) is 0 Å². The van der Waals surface area contributed by atoms with Crippen molar-refractivity contribution >= 4 is 5.97 Å². The van der Waals surface area contributed by atoms with Crippen LogP contribution in [0.2, 0.25) is 0 Å². The molecule has 0 fully saturated rings. The summed E-state index contributed by atoms with van der Waals surface area (Å²) in [6.45, 7) is 1.60. The van der Waals surface area contributed by atoms with Gasteiger partial charge in [0.15, 0.2) is 0 Å². The van der Waals surface area contributed by atoms with Crippen molar-refractivity contribution in [1.82, 2.24) is 9.78 Å². The quantitative estimate of drug-likeness (QED) is 0.872. The first-order chi connectivity index (χ1) is 7.22. The van der Waals surface area contributed by atoms with Crippen LogP contribution in [0.4, 0.5) is 13.2 Å². The van der Waals surface area contributed by atoms with Gasteiger partial charge in [-0.15, -0.1) is 0 Å². The number of halogens is 3. The van der Waals surface area contributed by atoms with Crippen LogP contribution in [0, 0.1) is 6.92 Å². The lowest BCUT2D eigenvalue weighted by Gasteiger charge is -2.13. The maximum absolute atomic E-state index is 12.2. The van der Waals surface area contributed by atoms with Crippen LogP contribution in [0.5, 0.6) is 0 Å². The number of nitrogens with zero attached hydrogens (tertiary/aromatic N) is 2. The molecule has 0 amide bonds. The normalized spacial score (nSPS) is 13.8. The number of carbonyl (C=O) groups is 1. The first kappa shape index (κ1) is 12.5. The van der Waals surface area contributed by atoms with E-state index in [1.165, 1.54) is 20.0 Å². The summed E-state index contributed by atoms with van der Waals surface area (Å²) in [5.41, 5.74) is 0.531. The van der Waals surface area contributed by atoms with E-state index in [1.807, 2.05) is 0 Å². The molecule has 0 radical (unpaired) electrons. The van der Waals surface area contributed by atoms with Crippen molar-refractivity contribution < 1.29 is 23.1 Å². The van der Waals surface area contributed by atoms with Gasteiger partial charge in [-0.1, -0.05) is 0 Å². The lowest BCUT2D eigenvalue weighted by molar-refractivity contribution is -0.145. The minimum absolute atomic E-state index is 0.0878. The van der Waals surface area contributed by atoms with E-state index in [-0.39, 0.29) is 5.69 Å². The Morgan fingerprint density at radius 3 is 2.62 bits per heavy atom. The molecule has 4 nitrogen and oxygen atoms in total. The standard InChI is InChI=1S/C9H11F3N2O2/c1-5-3-13-14(4-9(10,11)12)7(5)6(2)8(15)16/h3,6H,4H2,1-2H3,(H,15,16). The Hall–Kier alpha value is -1.53. The SMILES string of the molecule is Cc1cnn(CC(F)(F)F)c1C(C)C(=O)O. The number of hydrogen-bond acceptors (Lipinski definition) is 2. The van der Waals surface area contributed by atoms with Crippen molar-refractivity contribution in [3.05, 3.63) is 17.5 Å². The van der Waals surface area contributed by atoms with Gasteiger partial charge < -0.3 is 5.11 Å². The van der Waals surface area contributed by atoms with E-state index in [0.29, 0.717) is 10.2 Å². The third-order valence-corrected chi connectivity index (χ3v) is 2.18. The van der Waals surface area contributed by atoms with E-state index >= 15 is 0 Å². The molecule has 1 unspecified atom stereocenters. The van der Waals surface area contributed by atoms with Crippen molar-refractivity contribution in [1.29, 1.82) is 0 Å². The summed E-state index contributed by atoms with van der Waals surface area (Å²) in [7, 11) is 0. The predicted molar refractivity (Wildman–Crippen MR) is 49.1 cm³/mol. The fourth-order valence-corrected chi connectivity index (χ4v) is 1.47. The van der Waals surface area contributed by atoms with Crippen LogP contribution in [0.15, 0.2) is 6.20 Å². The fraction of sp³-hybridized carbons (Fsp3) is 0.556. The van der Waals surface area contributed by atoms with E-state index in [9.17, 15) is 18.0 Å². The zero-order valence-corrected chi connectivity index (χ0v) is 8.75. The van der Waals surface area contributed by atoms with Crippen molar-refractivity contribution in [2.24, 2.45) is 0 Å². The number of rotatable bonds is 3. The van der Waals surface area contributed by atoms with Crippen LogP contribution < -0.4 is 0 Å². The number of aliphatic carboxylic acids is 1. The molecule has 1 aromatic heterocycles. The third kappa shape index (κ3) is 2.74. The van der Waals surface area contributed by atoms with Crippen LogP contribution in [0.3, 0.4) is 0 Å². The molecule has 0 aliphatic heterocycles. The molecular weight excluding hydrogens is 225 g/mol. The maximum Gasteiger partial charge on any atom is 0.408 e. The van der Waals surface area contributed by atoms with E-state index in [0.717, 1.165) is 0 Å². The summed E-state index contributed by atoms with van der Waals surface area (Å²) in [5.74, 6) is -2.18. The number of aromatic nitrogens is 2. The molecule has 0 spiro atoms. The van der Waals surface area contributed by atoms with Crippen molar-refractivity contribution in [2.45, 2.75) is 32.5 Å². The third-order valence-electron chi connectivity index (χ3n) is 2.18. The van der Waals surface area contributed by atoms with E-state index in [4.69, 9.17) is 5.11 Å². The fourth-order valence-electron chi connectivity index (χ4n) is 1.47. The number of carboxylic acid groups (broad SMARTS) is 1. The molecule has 0 saturated heterocycles. The second kappa shape index (κ2) is 4.15. The molecule has 16 heavy (non-hydrogen) atoms. The average Bonchev–Trinajstić information content (AvgIpc) is 2.43. The second-order valence-corrected chi connectivity index (χ2v) is 3.55. The topological polar surface area (TPSA) is 55.1 Å². The van der Waals surface area contributed by atoms with Crippen molar-refractivity contribution in [3.63, 3.8) is 0 Å². The van der Waals surface area contributed by atoms with Gasteiger partial charge in [-0.05, 0) is 19.4 Å². The minimum atomic E-state index is -4.41. The first-order valence-corrected chi connectivity index (χ1v) is 4.54. The number of hydrogen-bond donors (Lipinski definition) is 1. The molecule has 1 aromatic rings. The molecule has 0 aliphatic carbocycles. The van der Waals surface area contributed by atoms with Gasteiger partial charge in [-0.2, -0.15) is 18.3 Å². The maximum atomic E-state index is 12.2. The molecule has 1 atom stereocenters. The zero-order valence-electron chi connectivity index (χ0n) is 8.75. The lowest BCUT2D eigenvalue weighted by Crippen LogP contribution is -2.23. The molecular formula is C9H11F3N2O2. The van der Waals surface area contributed by atoms with Crippen LogP contribution >= 0.6 is 0 Å². The van der Waals surface area contributed by atoms with Gasteiger partial charge in [0.2, 0.25) is 0 Å². The summed E-state index contributed by atoms with van der Waals surface area (Å²) >= 11 is 0. The number of carboxylic acids is 1. The summed E-state index contributed by atoms with van der Waals surface area (Å²) in [5, 5.41) is 12.3. The summed E-state index contributed by atoms with van der Waals surface area (Å²) in [4.78, 5) is 10.7. The van der Waals surface area contributed by atoms with Gasteiger partial charge in [-0.3, -0.25) is 9.48 Å². The summed E-state index contributed by atoms with van der Waals surface area (Å²) < 4.78 is 37.2. The molecule has 1 rings (SSSR count). The predicted octanol–water partition coefficient (Wildman–Crippen LogP) is 1.94. The largest absolute Gasteiger partial charge is 0.481 e. The number of alkyl halides is 3. The lowest BCUT2D eigenvalue weighted by atomic mass is 10.1. The van der Waals surface area contributed by atoms with Gasteiger partial charge in [0.1, 0.15) is 6.54 Å².